The van der Waals surface area contributed by atoms with Gasteiger partial charge in [-0.1, -0.05) is 11.6 Å². The molecule has 0 saturated carbocycles. The van der Waals surface area contributed by atoms with Crippen molar-refractivity contribution in [2.75, 3.05) is 13.6 Å². The van der Waals surface area contributed by atoms with Crippen LogP contribution in [0.4, 0.5) is 0 Å². The number of fused-ring (bicyclic) bond motifs is 1. The number of nitrogens with zero attached hydrogens (tertiary/aromatic N) is 2. The predicted octanol–water partition coefficient (Wildman–Crippen LogP) is 1.63. The van der Waals surface area contributed by atoms with E-state index in [2.05, 4.69) is 14.9 Å². The Morgan fingerprint density at radius 1 is 1.64 bits per heavy atom. The zero-order valence-corrected chi connectivity index (χ0v) is 9.43. The molecule has 0 spiro atoms. The topological polar surface area (TPSA) is 29.9 Å². The number of hydrogen-bond donors (Lipinski definition) is 1. The highest BCUT2D eigenvalue weighted by atomic mass is 35.5. The lowest BCUT2D eigenvalue weighted by atomic mass is 9.96. The molecule has 0 amide bonds. The Balaban J connectivity index is 2.21. The lowest BCUT2D eigenvalue weighted by molar-refractivity contribution is 0.375. The highest BCUT2D eigenvalue weighted by molar-refractivity contribution is 6.30. The maximum Gasteiger partial charge on any atom is 0.150 e. The minimum atomic E-state index is 0.698. The second kappa shape index (κ2) is 3.91. The lowest BCUT2D eigenvalue weighted by Gasteiger charge is -2.24. The highest BCUT2D eigenvalue weighted by Crippen LogP contribution is 2.26. The third-order valence-electron chi connectivity index (χ3n) is 2.95. The summed E-state index contributed by atoms with van der Waals surface area (Å²) in [6.07, 6.45) is 2.28. The van der Waals surface area contributed by atoms with E-state index in [9.17, 15) is 0 Å². The minimum absolute atomic E-state index is 0.698. The molecule has 3 nitrogen and oxygen atoms in total. The maximum absolute atomic E-state index is 6.08. The predicted molar refractivity (Wildman–Crippen MR) is 57.7 cm³/mol. The molecule has 14 heavy (non-hydrogen) atoms. The first-order valence-electron chi connectivity index (χ1n) is 5.08. The van der Waals surface area contributed by atoms with E-state index in [-0.39, 0.29) is 0 Å². The molecule has 1 aromatic rings. The van der Waals surface area contributed by atoms with Gasteiger partial charge in [0.25, 0.3) is 0 Å². The van der Waals surface area contributed by atoms with E-state index < -0.39 is 0 Å². The quantitative estimate of drug-likeness (QED) is 0.810. The number of imidazole rings is 1. The van der Waals surface area contributed by atoms with Crippen LogP contribution in [-0.4, -0.2) is 23.1 Å². The number of rotatable bonds is 2. The molecule has 1 aliphatic rings. The molecule has 1 N–H and O–H groups in total. The molecular weight excluding hydrogens is 198 g/mol. The van der Waals surface area contributed by atoms with Crippen molar-refractivity contribution in [3.63, 3.8) is 0 Å². The Morgan fingerprint density at radius 3 is 3.14 bits per heavy atom. The van der Waals surface area contributed by atoms with Gasteiger partial charge in [0.15, 0.2) is 5.15 Å². The number of aromatic nitrogens is 2. The van der Waals surface area contributed by atoms with Crippen molar-refractivity contribution in [1.29, 1.82) is 0 Å². The van der Waals surface area contributed by atoms with Crippen molar-refractivity contribution in [2.45, 2.75) is 26.3 Å². The van der Waals surface area contributed by atoms with Crippen LogP contribution in [0.2, 0.25) is 5.15 Å². The molecule has 1 atom stereocenters. The zero-order chi connectivity index (χ0) is 10.1. The van der Waals surface area contributed by atoms with Gasteiger partial charge in [0.05, 0.1) is 5.69 Å². The summed E-state index contributed by atoms with van der Waals surface area (Å²) >= 11 is 6.08. The summed E-state index contributed by atoms with van der Waals surface area (Å²) < 4.78 is 2.24. The monoisotopic (exact) mass is 213 g/mol. The van der Waals surface area contributed by atoms with Gasteiger partial charge in [-0.25, -0.2) is 4.98 Å². The summed E-state index contributed by atoms with van der Waals surface area (Å²) in [5, 5.41) is 3.92. The molecule has 2 rings (SSSR count). The first kappa shape index (κ1) is 9.99. The molecule has 0 aromatic carbocycles. The largest absolute Gasteiger partial charge is 0.331 e. The van der Waals surface area contributed by atoms with Gasteiger partial charge < -0.3 is 9.88 Å². The van der Waals surface area contributed by atoms with Crippen molar-refractivity contribution in [3.8, 4) is 0 Å². The standard InChI is InChI=1S/C10H16ClN3/c1-7-13-10(11)9-5-8(6-12-2)3-4-14(7)9/h8,12H,3-6H2,1-2H3. The van der Waals surface area contributed by atoms with Gasteiger partial charge in [-0.15, -0.1) is 0 Å². The summed E-state index contributed by atoms with van der Waals surface area (Å²) in [6, 6.07) is 0. The average molecular weight is 214 g/mol. The van der Waals surface area contributed by atoms with Gasteiger partial charge in [0.1, 0.15) is 5.82 Å². The Kier molecular flexibility index (Phi) is 2.79. The first-order chi connectivity index (χ1) is 6.72. The molecule has 0 bridgehead atoms. The Morgan fingerprint density at radius 2 is 2.43 bits per heavy atom. The zero-order valence-electron chi connectivity index (χ0n) is 8.68. The number of nitrogens with one attached hydrogen (secondary N) is 1. The number of halogens is 1. The van der Waals surface area contributed by atoms with Gasteiger partial charge in [0, 0.05) is 6.54 Å². The number of aryl methyl sites for hydroxylation is 1. The van der Waals surface area contributed by atoms with Crippen LogP contribution in [-0.2, 0) is 13.0 Å². The van der Waals surface area contributed by atoms with Gasteiger partial charge >= 0.3 is 0 Å². The Bertz CT molecular complexity index is 332. The van der Waals surface area contributed by atoms with Crippen LogP contribution in [0.1, 0.15) is 17.9 Å². The van der Waals surface area contributed by atoms with Crippen LogP contribution in [0, 0.1) is 12.8 Å². The third kappa shape index (κ3) is 1.66. The van der Waals surface area contributed by atoms with Crippen molar-refractivity contribution in [3.05, 3.63) is 16.7 Å². The van der Waals surface area contributed by atoms with Crippen LogP contribution in [0.3, 0.4) is 0 Å². The molecule has 1 aliphatic heterocycles. The second-order valence-electron chi connectivity index (χ2n) is 3.96. The van der Waals surface area contributed by atoms with Gasteiger partial charge in [-0.3, -0.25) is 0 Å². The second-order valence-corrected chi connectivity index (χ2v) is 4.32. The molecule has 0 fully saturated rings. The van der Waals surface area contributed by atoms with Gasteiger partial charge in [0.2, 0.25) is 0 Å². The highest BCUT2D eigenvalue weighted by Gasteiger charge is 2.22. The van der Waals surface area contributed by atoms with E-state index in [0.717, 1.165) is 25.3 Å². The third-order valence-corrected chi connectivity index (χ3v) is 3.25. The van der Waals surface area contributed by atoms with E-state index in [1.807, 2.05) is 14.0 Å². The van der Waals surface area contributed by atoms with Crippen LogP contribution >= 0.6 is 11.6 Å². The molecule has 2 heterocycles. The Labute approximate surface area is 89.5 Å². The SMILES string of the molecule is CNCC1CCn2c(C)nc(Cl)c2C1. The molecular formula is C10H16ClN3. The molecule has 0 saturated heterocycles. The normalized spacial score (nSPS) is 20.9. The summed E-state index contributed by atoms with van der Waals surface area (Å²) in [5.41, 5.74) is 1.22. The smallest absolute Gasteiger partial charge is 0.150 e. The fraction of sp³-hybridized carbons (Fsp3) is 0.700. The fourth-order valence-electron chi connectivity index (χ4n) is 2.21. The lowest BCUT2D eigenvalue weighted by Crippen LogP contribution is -2.27. The van der Waals surface area contributed by atoms with Crippen LogP contribution in [0.25, 0.3) is 0 Å². The Hall–Kier alpha value is -0.540. The summed E-state index contributed by atoms with van der Waals surface area (Å²) in [5.74, 6) is 1.76. The van der Waals surface area contributed by atoms with E-state index >= 15 is 0 Å². The van der Waals surface area contributed by atoms with Crippen molar-refractivity contribution in [2.24, 2.45) is 5.92 Å². The van der Waals surface area contributed by atoms with Gasteiger partial charge in [-0.2, -0.15) is 0 Å². The van der Waals surface area contributed by atoms with Crippen LogP contribution in [0.5, 0.6) is 0 Å². The van der Waals surface area contributed by atoms with Gasteiger partial charge in [-0.05, 0) is 39.3 Å². The summed E-state index contributed by atoms with van der Waals surface area (Å²) in [4.78, 5) is 4.30. The molecule has 1 unspecified atom stereocenters. The van der Waals surface area contributed by atoms with E-state index in [1.165, 1.54) is 12.1 Å². The van der Waals surface area contributed by atoms with E-state index in [1.54, 1.807) is 0 Å². The number of hydrogen-bond acceptors (Lipinski definition) is 2. The summed E-state index contributed by atoms with van der Waals surface area (Å²) in [7, 11) is 2.00. The maximum atomic E-state index is 6.08. The van der Waals surface area contributed by atoms with E-state index in [4.69, 9.17) is 11.6 Å². The molecule has 1 aromatic heterocycles. The van der Waals surface area contributed by atoms with Crippen molar-refractivity contribution in [1.82, 2.24) is 14.9 Å². The minimum Gasteiger partial charge on any atom is -0.331 e. The van der Waals surface area contributed by atoms with Crippen molar-refractivity contribution >= 4 is 11.6 Å². The molecule has 4 heteroatoms. The fourth-order valence-corrected chi connectivity index (χ4v) is 2.52. The van der Waals surface area contributed by atoms with Crippen LogP contribution < -0.4 is 5.32 Å². The summed E-state index contributed by atoms with van der Waals surface area (Å²) in [6.45, 7) is 4.15. The first-order valence-corrected chi connectivity index (χ1v) is 5.46. The van der Waals surface area contributed by atoms with E-state index in [0.29, 0.717) is 11.1 Å². The molecule has 0 radical (unpaired) electrons. The van der Waals surface area contributed by atoms with Crippen molar-refractivity contribution < 1.29 is 0 Å². The molecule has 78 valence electrons. The molecule has 0 aliphatic carbocycles. The van der Waals surface area contributed by atoms with Crippen LogP contribution in [0.15, 0.2) is 0 Å². The average Bonchev–Trinajstić information content (AvgIpc) is 2.43.